The van der Waals surface area contributed by atoms with E-state index in [2.05, 4.69) is 12.2 Å². The van der Waals surface area contributed by atoms with E-state index in [9.17, 15) is 4.79 Å². The van der Waals surface area contributed by atoms with Gasteiger partial charge >= 0.3 is 0 Å². The number of nitrogens with one attached hydrogen (secondary N) is 1. The average Bonchev–Trinajstić information content (AvgIpc) is 2.66. The highest BCUT2D eigenvalue weighted by molar-refractivity contribution is 5.80. The minimum absolute atomic E-state index is 0.0634. The number of para-hydroxylation sites is 1. The van der Waals surface area contributed by atoms with Crippen LogP contribution in [0, 0.1) is 0 Å². The minimum Gasteiger partial charge on any atom is -0.493 e. The first kappa shape index (κ1) is 20.6. The van der Waals surface area contributed by atoms with Gasteiger partial charge in [-0.1, -0.05) is 31.2 Å². The Morgan fingerprint density at radius 1 is 1.00 bits per heavy atom. The number of carbonyl (C=O) groups excluding carboxylic acids is 1. The maximum absolute atomic E-state index is 12.4. The fraction of sp³-hybridized carbons (Fsp3) is 0.409. The van der Waals surface area contributed by atoms with Crippen molar-refractivity contribution in [2.24, 2.45) is 0 Å². The summed E-state index contributed by atoms with van der Waals surface area (Å²) in [6.45, 7) is 8.13. The van der Waals surface area contributed by atoms with Crippen molar-refractivity contribution in [3.63, 3.8) is 0 Å². The summed E-state index contributed by atoms with van der Waals surface area (Å²) >= 11 is 0. The lowest BCUT2D eigenvalue weighted by molar-refractivity contribution is -0.127. The van der Waals surface area contributed by atoms with Crippen molar-refractivity contribution in [3.8, 4) is 17.2 Å². The highest BCUT2D eigenvalue weighted by atomic mass is 16.5. The van der Waals surface area contributed by atoms with Crippen LogP contribution in [0.4, 0.5) is 0 Å². The molecule has 2 rings (SSSR count). The van der Waals surface area contributed by atoms with Crippen molar-refractivity contribution in [3.05, 3.63) is 53.6 Å². The van der Waals surface area contributed by atoms with Crippen LogP contribution < -0.4 is 19.5 Å². The van der Waals surface area contributed by atoms with Gasteiger partial charge in [0.05, 0.1) is 13.2 Å². The zero-order valence-electron chi connectivity index (χ0n) is 16.7. The van der Waals surface area contributed by atoms with Crippen molar-refractivity contribution in [1.29, 1.82) is 0 Å². The van der Waals surface area contributed by atoms with E-state index in [1.807, 2.05) is 56.3 Å². The first-order chi connectivity index (χ1) is 12.9. The standard InChI is InChI=1S/C22H29NO4/c1-6-18-9-7-8-10-19(18)27-16(4)22(24)23-14-17-11-12-20(26-15(2)3)21(13-17)25-5/h7-13,15-16H,6,14H2,1-5H3,(H,23,24)/t16-/m0/s1. The Morgan fingerprint density at radius 3 is 2.41 bits per heavy atom. The first-order valence-corrected chi connectivity index (χ1v) is 9.30. The second-order valence-corrected chi connectivity index (χ2v) is 6.59. The quantitative estimate of drug-likeness (QED) is 0.720. The Hall–Kier alpha value is -2.69. The van der Waals surface area contributed by atoms with E-state index >= 15 is 0 Å². The molecule has 0 aromatic heterocycles. The summed E-state index contributed by atoms with van der Waals surface area (Å²) in [6, 6.07) is 13.4. The number of rotatable bonds is 9. The molecular formula is C22H29NO4. The van der Waals surface area contributed by atoms with Crippen LogP contribution in [0.25, 0.3) is 0 Å². The lowest BCUT2D eigenvalue weighted by Gasteiger charge is -2.17. The van der Waals surface area contributed by atoms with E-state index in [0.717, 1.165) is 23.3 Å². The zero-order valence-corrected chi connectivity index (χ0v) is 16.7. The van der Waals surface area contributed by atoms with E-state index in [4.69, 9.17) is 14.2 Å². The molecule has 1 amide bonds. The Morgan fingerprint density at radius 2 is 1.74 bits per heavy atom. The highest BCUT2D eigenvalue weighted by Crippen LogP contribution is 2.29. The number of benzene rings is 2. The number of hydrogen-bond donors (Lipinski definition) is 1. The van der Waals surface area contributed by atoms with Gasteiger partial charge in [0, 0.05) is 6.54 Å². The van der Waals surface area contributed by atoms with Crippen molar-refractivity contribution < 1.29 is 19.0 Å². The summed E-state index contributed by atoms with van der Waals surface area (Å²) in [5.41, 5.74) is 2.01. The van der Waals surface area contributed by atoms with E-state index in [-0.39, 0.29) is 12.0 Å². The third-order valence-corrected chi connectivity index (χ3v) is 4.08. The van der Waals surface area contributed by atoms with Gasteiger partial charge in [-0.3, -0.25) is 4.79 Å². The molecule has 0 heterocycles. The Kier molecular flexibility index (Phi) is 7.53. The predicted octanol–water partition coefficient (Wildman–Crippen LogP) is 4.13. The molecule has 2 aromatic rings. The van der Waals surface area contributed by atoms with Crippen LogP contribution in [0.2, 0.25) is 0 Å². The molecule has 2 aromatic carbocycles. The van der Waals surface area contributed by atoms with E-state index in [0.29, 0.717) is 18.0 Å². The number of amides is 1. The normalized spacial score (nSPS) is 11.8. The number of hydrogen-bond acceptors (Lipinski definition) is 4. The molecule has 5 heteroatoms. The molecule has 0 unspecified atom stereocenters. The number of carbonyl (C=O) groups is 1. The van der Waals surface area contributed by atoms with Crippen molar-refractivity contribution in [1.82, 2.24) is 5.32 Å². The molecule has 27 heavy (non-hydrogen) atoms. The van der Waals surface area contributed by atoms with Gasteiger partial charge in [0.1, 0.15) is 5.75 Å². The summed E-state index contributed by atoms with van der Waals surface area (Å²) in [6.07, 6.45) is 0.339. The smallest absolute Gasteiger partial charge is 0.261 e. The second-order valence-electron chi connectivity index (χ2n) is 6.59. The molecule has 0 aliphatic carbocycles. The molecule has 5 nitrogen and oxygen atoms in total. The summed E-state index contributed by atoms with van der Waals surface area (Å²) in [5, 5.41) is 2.91. The maximum Gasteiger partial charge on any atom is 0.261 e. The fourth-order valence-corrected chi connectivity index (χ4v) is 2.66. The van der Waals surface area contributed by atoms with Crippen LogP contribution in [-0.2, 0) is 17.8 Å². The topological polar surface area (TPSA) is 56.8 Å². The van der Waals surface area contributed by atoms with E-state index in [1.54, 1.807) is 14.0 Å². The molecule has 0 saturated carbocycles. The molecule has 1 N–H and O–H groups in total. The molecular weight excluding hydrogens is 342 g/mol. The summed E-state index contributed by atoms with van der Waals surface area (Å²) < 4.78 is 16.9. The minimum atomic E-state index is -0.580. The number of aryl methyl sites for hydroxylation is 1. The average molecular weight is 371 g/mol. The number of ether oxygens (including phenoxy) is 3. The van der Waals surface area contributed by atoms with Crippen molar-refractivity contribution in [2.75, 3.05) is 7.11 Å². The van der Waals surface area contributed by atoms with Gasteiger partial charge in [0.2, 0.25) is 0 Å². The summed E-state index contributed by atoms with van der Waals surface area (Å²) in [7, 11) is 1.60. The summed E-state index contributed by atoms with van der Waals surface area (Å²) in [4.78, 5) is 12.4. The molecule has 146 valence electrons. The monoisotopic (exact) mass is 371 g/mol. The summed E-state index contributed by atoms with van der Waals surface area (Å²) in [5.74, 6) is 1.92. The second kappa shape index (κ2) is 9.86. The van der Waals surface area contributed by atoms with Gasteiger partial charge in [-0.2, -0.15) is 0 Å². The largest absolute Gasteiger partial charge is 0.493 e. The Bertz CT molecular complexity index is 758. The molecule has 0 fully saturated rings. The van der Waals surface area contributed by atoms with Crippen LogP contribution in [0.5, 0.6) is 17.2 Å². The molecule has 0 aliphatic rings. The fourth-order valence-electron chi connectivity index (χ4n) is 2.66. The zero-order chi connectivity index (χ0) is 19.8. The van der Waals surface area contributed by atoms with Crippen molar-refractivity contribution >= 4 is 5.91 Å². The third kappa shape index (κ3) is 5.91. The highest BCUT2D eigenvalue weighted by Gasteiger charge is 2.16. The Balaban J connectivity index is 1.96. The lowest BCUT2D eigenvalue weighted by atomic mass is 10.1. The first-order valence-electron chi connectivity index (χ1n) is 9.30. The molecule has 0 aliphatic heterocycles. The van der Waals surface area contributed by atoms with Gasteiger partial charge in [-0.05, 0) is 56.5 Å². The molecule has 0 bridgehead atoms. The van der Waals surface area contributed by atoms with Crippen LogP contribution in [0.1, 0.15) is 38.8 Å². The van der Waals surface area contributed by atoms with E-state index < -0.39 is 6.10 Å². The number of methoxy groups -OCH3 is 1. The molecule has 0 saturated heterocycles. The van der Waals surface area contributed by atoms with Crippen LogP contribution in [0.3, 0.4) is 0 Å². The van der Waals surface area contributed by atoms with Gasteiger partial charge in [0.25, 0.3) is 5.91 Å². The van der Waals surface area contributed by atoms with Crippen molar-refractivity contribution in [2.45, 2.75) is 52.9 Å². The van der Waals surface area contributed by atoms with Gasteiger partial charge in [0.15, 0.2) is 17.6 Å². The van der Waals surface area contributed by atoms with Crippen LogP contribution in [0.15, 0.2) is 42.5 Å². The maximum atomic E-state index is 12.4. The van der Waals surface area contributed by atoms with Gasteiger partial charge < -0.3 is 19.5 Å². The predicted molar refractivity (Wildman–Crippen MR) is 107 cm³/mol. The van der Waals surface area contributed by atoms with Crippen LogP contribution >= 0.6 is 0 Å². The van der Waals surface area contributed by atoms with E-state index in [1.165, 1.54) is 0 Å². The molecule has 0 radical (unpaired) electrons. The van der Waals surface area contributed by atoms with Gasteiger partial charge in [-0.15, -0.1) is 0 Å². The Labute approximate surface area is 161 Å². The lowest BCUT2D eigenvalue weighted by Crippen LogP contribution is -2.36. The molecule has 0 spiro atoms. The molecule has 1 atom stereocenters. The third-order valence-electron chi connectivity index (χ3n) is 4.08. The van der Waals surface area contributed by atoms with Crippen LogP contribution in [-0.4, -0.2) is 25.2 Å². The van der Waals surface area contributed by atoms with Gasteiger partial charge in [-0.25, -0.2) is 0 Å². The SMILES string of the molecule is CCc1ccccc1O[C@@H](C)C(=O)NCc1ccc(OC(C)C)c(OC)c1.